The van der Waals surface area contributed by atoms with E-state index in [9.17, 15) is 43.5 Å². The van der Waals surface area contributed by atoms with Gasteiger partial charge in [-0.25, -0.2) is 9.13 Å². The van der Waals surface area contributed by atoms with Gasteiger partial charge in [0.2, 0.25) is 0 Å². The number of aliphatic hydroxyl groups excluding tert-OH is 2. The smallest absolute Gasteiger partial charge is 0.463 e. The normalized spacial score (nSPS) is 15.0. The van der Waals surface area contributed by atoms with Gasteiger partial charge in [-0.05, 0) is 167 Å². The van der Waals surface area contributed by atoms with Crippen LogP contribution in [0.25, 0.3) is 0 Å². The lowest BCUT2D eigenvalue weighted by atomic mass is 10.1. The van der Waals surface area contributed by atoms with Crippen LogP contribution in [0.3, 0.4) is 0 Å². The summed E-state index contributed by atoms with van der Waals surface area (Å²) in [6.45, 7) is 2.24. The molecule has 0 radical (unpaired) electrons. The van der Waals surface area contributed by atoms with Crippen LogP contribution in [0.1, 0.15) is 278 Å². The quantitative estimate of drug-likeness (QED) is 0.0146. The number of unbranched alkanes of at least 4 members (excludes halogenated alkanes) is 17. The molecule has 5 atom stereocenters. The first-order chi connectivity index (χ1) is 52.2. The third-order valence-corrected chi connectivity index (χ3v) is 17.9. The average Bonchev–Trinajstić information content (AvgIpc) is 0.903. The van der Waals surface area contributed by atoms with Crippen LogP contribution in [0, 0.1) is 0 Å². The van der Waals surface area contributed by atoms with Gasteiger partial charge in [0.15, 0.2) is 6.10 Å². The van der Waals surface area contributed by atoms with Crippen LogP contribution >= 0.6 is 15.6 Å². The molecule has 18 heteroatoms. The largest absolute Gasteiger partial charge is 0.472 e. The molecule has 5 unspecified atom stereocenters. The maximum absolute atomic E-state index is 13.0. The standard InChI is InChI=1S/C89H142O16P2/c1-4-7-10-13-16-19-22-25-28-31-34-37-39-40-41-42-44-47-48-51-54-57-60-63-66-69-72-75-87(92)99-78-84(90)79-101-106(95,96)102-80-85(91)81-103-107(97,98)104-83-86(105-89(94)77-74-71-68-65-62-59-56-53-50-45-36-33-30-27-24-21-18-15-12-9-6-3)82-100-88(93)76-73-70-67-64-61-58-55-52-49-46-43-38-35-32-29-26-23-20-17-14-11-8-5-2/h7-12,16-21,25-30,34-38,40-41,44-47,49,53,56,62,65,84-86,90-91H,4-6,13-15,22-24,31-33,39,42-43,48,50-52,54-55,57-61,63-64,66-83H2,1-3H3,(H,95,96)(H,97,98)/b10-7-,11-8-,12-9-,19-16-,20-17-,21-18-,28-25-,29-26-,30-27-,37-34-,38-35-,41-40-,45-36-,47-44-,49-46-,56-53-,65-62-. The van der Waals surface area contributed by atoms with Gasteiger partial charge in [-0.1, -0.05) is 298 Å². The second kappa shape index (κ2) is 79.7. The highest BCUT2D eigenvalue weighted by molar-refractivity contribution is 7.47. The fourth-order valence-corrected chi connectivity index (χ4v) is 11.5. The van der Waals surface area contributed by atoms with Gasteiger partial charge >= 0.3 is 33.6 Å². The Bertz CT molecular complexity index is 2770. The predicted molar refractivity (Wildman–Crippen MR) is 444 cm³/mol. The van der Waals surface area contributed by atoms with Crippen molar-refractivity contribution in [3.8, 4) is 0 Å². The van der Waals surface area contributed by atoms with E-state index in [1.807, 2.05) is 0 Å². The van der Waals surface area contributed by atoms with Crippen molar-refractivity contribution in [1.29, 1.82) is 0 Å². The fourth-order valence-electron chi connectivity index (χ4n) is 9.96. The van der Waals surface area contributed by atoms with Crippen molar-refractivity contribution >= 4 is 33.6 Å². The number of ether oxygens (including phenoxy) is 3. The molecular weight excluding hydrogens is 1390 g/mol. The Balaban J connectivity index is 4.74. The molecule has 0 rings (SSSR count). The monoisotopic (exact) mass is 1530 g/mol. The highest BCUT2D eigenvalue weighted by atomic mass is 31.2. The molecule has 4 N–H and O–H groups in total. The molecule has 0 spiro atoms. The minimum Gasteiger partial charge on any atom is -0.463 e. The first kappa shape index (κ1) is 101. The summed E-state index contributed by atoms with van der Waals surface area (Å²) in [5.41, 5.74) is 0. The Kier molecular flexibility index (Phi) is 75.3. The molecule has 0 heterocycles. The molecule has 0 aliphatic rings. The Morgan fingerprint density at radius 3 is 0.757 bits per heavy atom. The van der Waals surface area contributed by atoms with Gasteiger partial charge in [0, 0.05) is 19.3 Å². The zero-order chi connectivity index (χ0) is 78.0. The second-order valence-corrected chi connectivity index (χ2v) is 29.0. The lowest BCUT2D eigenvalue weighted by Gasteiger charge is -2.21. The molecule has 0 aromatic heterocycles. The highest BCUT2D eigenvalue weighted by Crippen LogP contribution is 2.45. The number of carbonyl (C=O) groups excluding carboxylic acids is 3. The molecule has 0 aromatic carbocycles. The Morgan fingerprint density at radius 1 is 0.262 bits per heavy atom. The van der Waals surface area contributed by atoms with Gasteiger partial charge in [0.1, 0.15) is 25.4 Å². The summed E-state index contributed by atoms with van der Waals surface area (Å²) in [6, 6.07) is 0. The van der Waals surface area contributed by atoms with Crippen molar-refractivity contribution in [1.82, 2.24) is 0 Å². The van der Waals surface area contributed by atoms with E-state index in [0.717, 1.165) is 193 Å². The van der Waals surface area contributed by atoms with E-state index in [0.29, 0.717) is 25.7 Å². The molecule has 16 nitrogen and oxygen atoms in total. The minimum atomic E-state index is -4.96. The van der Waals surface area contributed by atoms with E-state index < -0.39 is 91.5 Å². The van der Waals surface area contributed by atoms with Crippen LogP contribution in [-0.2, 0) is 55.8 Å². The van der Waals surface area contributed by atoms with Crippen LogP contribution in [-0.4, -0.2) is 95.9 Å². The van der Waals surface area contributed by atoms with Gasteiger partial charge in [0.05, 0.1) is 26.4 Å². The molecule has 0 bridgehead atoms. The van der Waals surface area contributed by atoms with E-state index in [4.69, 9.17) is 32.3 Å². The summed E-state index contributed by atoms with van der Waals surface area (Å²) >= 11 is 0. The fraction of sp³-hybridized carbons (Fsp3) is 0.584. The molecule has 0 saturated carbocycles. The topological polar surface area (TPSA) is 231 Å². The van der Waals surface area contributed by atoms with Gasteiger partial charge < -0.3 is 34.2 Å². The summed E-state index contributed by atoms with van der Waals surface area (Å²) < 4.78 is 61.2. The van der Waals surface area contributed by atoms with E-state index in [2.05, 4.69) is 227 Å². The molecule has 0 aliphatic heterocycles. The first-order valence-corrected chi connectivity index (χ1v) is 43.4. The molecule has 0 amide bonds. The summed E-state index contributed by atoms with van der Waals surface area (Å²) in [7, 11) is -9.84. The molecular formula is C89H142O16P2. The van der Waals surface area contributed by atoms with E-state index in [-0.39, 0.29) is 19.3 Å². The Labute approximate surface area is 648 Å². The molecule has 0 aliphatic carbocycles. The molecule has 0 fully saturated rings. The number of esters is 3. The van der Waals surface area contributed by atoms with Crippen molar-refractivity contribution in [2.75, 3.05) is 39.6 Å². The number of allylic oxidation sites excluding steroid dienone is 34. The number of aliphatic hydroxyl groups is 2. The number of phosphoric acid groups is 2. The highest BCUT2D eigenvalue weighted by Gasteiger charge is 2.29. The van der Waals surface area contributed by atoms with Crippen molar-refractivity contribution in [3.05, 3.63) is 207 Å². The SMILES string of the molecule is CC/C=C\C/C=C\C/C=C\C/C=C\C/C=C\C/C=C\CCCCCCCCCCC(=O)OCC(O)COP(=O)(O)OCC(O)COP(=O)(O)OCC(COC(=O)CCCCCCCCC/C=C\C/C=C\C/C=C\C/C=C\C/C=C\CC)OC(=O)CCCC/C=C\C/C=C\C/C=C\C/C=C\C/C=C\C/C=C\CC. The third-order valence-electron chi connectivity index (χ3n) is 16.0. The predicted octanol–water partition coefficient (Wildman–Crippen LogP) is 24.1. The summed E-state index contributed by atoms with van der Waals surface area (Å²) in [5, 5.41) is 20.7. The number of phosphoric ester groups is 2. The lowest BCUT2D eigenvalue weighted by Crippen LogP contribution is -2.30. The zero-order valence-corrected chi connectivity index (χ0v) is 67.8. The number of hydrogen-bond acceptors (Lipinski definition) is 14. The maximum Gasteiger partial charge on any atom is 0.472 e. The van der Waals surface area contributed by atoms with Crippen molar-refractivity contribution < 1.29 is 75.8 Å². The van der Waals surface area contributed by atoms with E-state index >= 15 is 0 Å². The number of rotatable bonds is 74. The summed E-state index contributed by atoms with van der Waals surface area (Å²) in [6.07, 6.45) is 106. The van der Waals surface area contributed by atoms with Crippen LogP contribution in [0.15, 0.2) is 207 Å². The zero-order valence-electron chi connectivity index (χ0n) is 66.0. The maximum atomic E-state index is 13.0. The van der Waals surface area contributed by atoms with Gasteiger partial charge in [0.25, 0.3) is 0 Å². The summed E-state index contributed by atoms with van der Waals surface area (Å²) in [4.78, 5) is 58.8. The molecule has 107 heavy (non-hydrogen) atoms. The Hall–Kier alpha value is -5.87. The molecule has 0 aromatic rings. The van der Waals surface area contributed by atoms with Crippen molar-refractivity contribution in [2.45, 2.75) is 296 Å². The lowest BCUT2D eigenvalue weighted by molar-refractivity contribution is -0.161. The first-order valence-electron chi connectivity index (χ1n) is 40.4. The van der Waals surface area contributed by atoms with E-state index in [1.54, 1.807) is 0 Å². The number of carbonyl (C=O) groups is 3. The van der Waals surface area contributed by atoms with Gasteiger partial charge in [-0.3, -0.25) is 32.5 Å². The van der Waals surface area contributed by atoms with Crippen LogP contribution < -0.4 is 0 Å². The average molecular weight is 1530 g/mol. The number of hydrogen-bond donors (Lipinski definition) is 4. The minimum absolute atomic E-state index is 0.0378. The van der Waals surface area contributed by atoms with Crippen LogP contribution in [0.2, 0.25) is 0 Å². The Morgan fingerprint density at radius 2 is 0.467 bits per heavy atom. The van der Waals surface area contributed by atoms with Gasteiger partial charge in [-0.2, -0.15) is 0 Å². The van der Waals surface area contributed by atoms with Crippen molar-refractivity contribution in [2.24, 2.45) is 0 Å². The summed E-state index contributed by atoms with van der Waals surface area (Å²) in [5.74, 6) is -1.66. The van der Waals surface area contributed by atoms with Crippen molar-refractivity contribution in [3.63, 3.8) is 0 Å². The van der Waals surface area contributed by atoms with E-state index in [1.165, 1.54) is 19.3 Å². The van der Waals surface area contributed by atoms with Crippen LogP contribution in [0.4, 0.5) is 0 Å². The second-order valence-electron chi connectivity index (χ2n) is 26.1. The van der Waals surface area contributed by atoms with Crippen LogP contribution in [0.5, 0.6) is 0 Å². The van der Waals surface area contributed by atoms with Gasteiger partial charge in [-0.15, -0.1) is 0 Å². The molecule has 604 valence electrons. The third kappa shape index (κ3) is 81.0. The molecule has 0 saturated heterocycles.